The molecule has 1 spiro atoms. The lowest BCUT2D eigenvalue weighted by Gasteiger charge is -2.38. The zero-order valence-electron chi connectivity index (χ0n) is 18.6. The molecule has 2 aliphatic heterocycles. The first kappa shape index (κ1) is 22.9. The van der Waals surface area contributed by atoms with Gasteiger partial charge in [-0.05, 0) is 75.1 Å². The molecule has 8 heteroatoms. The van der Waals surface area contributed by atoms with Gasteiger partial charge in [-0.1, -0.05) is 18.2 Å². The van der Waals surface area contributed by atoms with Crippen LogP contribution in [0.1, 0.15) is 43.0 Å². The Kier molecular flexibility index (Phi) is 6.65. The number of piperidine rings is 1. The average molecular weight is 457 g/mol. The minimum absolute atomic E-state index is 0.0650. The van der Waals surface area contributed by atoms with Crippen LogP contribution in [0.15, 0.2) is 53.6 Å². The number of hydrogen-bond donors (Lipinski definition) is 1. The van der Waals surface area contributed by atoms with Crippen LogP contribution in [0.5, 0.6) is 0 Å². The van der Waals surface area contributed by atoms with Crippen LogP contribution < -0.4 is 5.73 Å². The number of aromatic nitrogens is 1. The number of sulfone groups is 1. The van der Waals surface area contributed by atoms with Gasteiger partial charge in [-0.15, -0.1) is 0 Å². The van der Waals surface area contributed by atoms with E-state index in [1.54, 1.807) is 18.3 Å². The molecule has 2 aliphatic rings. The van der Waals surface area contributed by atoms with E-state index in [-0.39, 0.29) is 17.4 Å². The molecule has 0 saturated carbocycles. The van der Waals surface area contributed by atoms with E-state index in [4.69, 9.17) is 5.73 Å². The molecule has 0 bridgehead atoms. The zero-order chi connectivity index (χ0) is 22.8. The maximum absolute atomic E-state index is 13.3. The number of likely N-dealkylation sites (tertiary alicyclic amines) is 2. The summed E-state index contributed by atoms with van der Waals surface area (Å²) >= 11 is 0. The van der Waals surface area contributed by atoms with Gasteiger partial charge in [-0.2, -0.15) is 0 Å². The zero-order valence-corrected chi connectivity index (χ0v) is 19.4. The Morgan fingerprint density at radius 1 is 1.06 bits per heavy atom. The van der Waals surface area contributed by atoms with Gasteiger partial charge >= 0.3 is 0 Å². The number of amides is 1. The monoisotopic (exact) mass is 456 g/mol. The molecule has 2 N–H and O–H groups in total. The van der Waals surface area contributed by atoms with Gasteiger partial charge in [0.15, 0.2) is 9.84 Å². The number of nitrogens with zero attached hydrogens (tertiary/aromatic N) is 3. The maximum Gasteiger partial charge on any atom is 0.229 e. The summed E-state index contributed by atoms with van der Waals surface area (Å²) in [6, 6.07) is 12.6. The third-order valence-electron chi connectivity index (χ3n) is 6.96. The summed E-state index contributed by atoms with van der Waals surface area (Å²) in [7, 11) is -3.21. The maximum atomic E-state index is 13.3. The fourth-order valence-electron chi connectivity index (χ4n) is 4.84. The molecule has 0 radical (unpaired) electrons. The summed E-state index contributed by atoms with van der Waals surface area (Å²) in [6.45, 7) is 4.04. The van der Waals surface area contributed by atoms with Gasteiger partial charge in [0.25, 0.3) is 0 Å². The molecule has 1 atom stereocenters. The molecule has 2 aromatic rings. The smallest absolute Gasteiger partial charge is 0.229 e. The third-order valence-corrected chi connectivity index (χ3v) is 8.09. The number of carbonyl (C=O) groups excluding carboxylic acids is 1. The number of benzene rings is 1. The highest BCUT2D eigenvalue weighted by molar-refractivity contribution is 7.90. The minimum Gasteiger partial charge on any atom is -0.338 e. The normalized spacial score (nSPS) is 20.1. The minimum atomic E-state index is -3.21. The molecule has 32 heavy (non-hydrogen) atoms. The van der Waals surface area contributed by atoms with Crippen molar-refractivity contribution in [2.75, 3.05) is 32.4 Å². The Hall–Kier alpha value is -2.29. The van der Waals surface area contributed by atoms with Gasteiger partial charge < -0.3 is 15.5 Å². The SMILES string of the molecule is CS(=O)(=O)c1ccc(CN2CCC3(CCN(CCC(N)c4ccccn4)CC3)C2=O)cc1. The molecule has 2 saturated heterocycles. The van der Waals surface area contributed by atoms with Crippen LogP contribution in [0.4, 0.5) is 0 Å². The second kappa shape index (κ2) is 9.29. The van der Waals surface area contributed by atoms with Gasteiger partial charge in [0, 0.05) is 31.6 Å². The van der Waals surface area contributed by atoms with Crippen molar-refractivity contribution in [1.29, 1.82) is 0 Å². The van der Waals surface area contributed by atoms with Crippen molar-refractivity contribution in [1.82, 2.24) is 14.8 Å². The summed E-state index contributed by atoms with van der Waals surface area (Å²) in [5.41, 5.74) is 7.93. The van der Waals surface area contributed by atoms with Crippen LogP contribution in [0.3, 0.4) is 0 Å². The Bertz CT molecular complexity index is 1030. The van der Waals surface area contributed by atoms with E-state index in [0.717, 1.165) is 63.1 Å². The molecule has 3 heterocycles. The van der Waals surface area contributed by atoms with Crippen LogP contribution in [-0.2, 0) is 21.2 Å². The van der Waals surface area contributed by atoms with E-state index < -0.39 is 9.84 Å². The highest BCUT2D eigenvalue weighted by Gasteiger charge is 2.47. The van der Waals surface area contributed by atoms with E-state index in [9.17, 15) is 13.2 Å². The Morgan fingerprint density at radius 3 is 2.38 bits per heavy atom. The fourth-order valence-corrected chi connectivity index (χ4v) is 5.47. The Morgan fingerprint density at radius 2 is 1.75 bits per heavy atom. The second-order valence-corrected chi connectivity index (χ2v) is 11.2. The molecule has 4 rings (SSSR count). The Balaban J connectivity index is 1.28. The number of pyridine rings is 1. The van der Waals surface area contributed by atoms with Crippen molar-refractivity contribution in [3.63, 3.8) is 0 Å². The summed E-state index contributed by atoms with van der Waals surface area (Å²) in [4.78, 5) is 22.2. The Labute approximate surface area is 190 Å². The van der Waals surface area contributed by atoms with Gasteiger partial charge in [0.2, 0.25) is 5.91 Å². The predicted molar refractivity (Wildman–Crippen MR) is 123 cm³/mol. The molecule has 1 aromatic carbocycles. The van der Waals surface area contributed by atoms with Crippen molar-refractivity contribution in [3.05, 3.63) is 59.9 Å². The van der Waals surface area contributed by atoms with Crippen molar-refractivity contribution in [2.24, 2.45) is 11.1 Å². The van der Waals surface area contributed by atoms with Crippen LogP contribution >= 0.6 is 0 Å². The number of rotatable bonds is 7. The topological polar surface area (TPSA) is 96.6 Å². The highest BCUT2D eigenvalue weighted by atomic mass is 32.2. The predicted octanol–water partition coefficient (Wildman–Crippen LogP) is 2.39. The van der Waals surface area contributed by atoms with Crippen LogP contribution in [0.2, 0.25) is 0 Å². The first-order valence-corrected chi connectivity index (χ1v) is 13.1. The quantitative estimate of drug-likeness (QED) is 0.687. The second-order valence-electron chi connectivity index (χ2n) is 9.16. The standard InChI is InChI=1S/C24H32N4O3S/c1-32(30,31)20-7-5-19(6-8-20)18-28-17-12-24(23(28)29)10-15-27(16-11-24)14-9-21(25)22-4-2-3-13-26-22/h2-8,13,21H,9-12,14-18,25H2,1H3. The summed E-state index contributed by atoms with van der Waals surface area (Å²) in [6.07, 6.45) is 6.50. The number of nitrogens with two attached hydrogens (primary N) is 1. The van der Waals surface area contributed by atoms with E-state index in [1.165, 1.54) is 6.26 Å². The molecule has 172 valence electrons. The van der Waals surface area contributed by atoms with Gasteiger partial charge in [-0.25, -0.2) is 8.42 Å². The molecule has 1 unspecified atom stereocenters. The lowest BCUT2D eigenvalue weighted by Crippen LogP contribution is -2.45. The van der Waals surface area contributed by atoms with Gasteiger partial charge in [0.1, 0.15) is 0 Å². The van der Waals surface area contributed by atoms with E-state index >= 15 is 0 Å². The van der Waals surface area contributed by atoms with Crippen LogP contribution in [0, 0.1) is 5.41 Å². The third kappa shape index (κ3) is 5.03. The number of carbonyl (C=O) groups is 1. The summed E-state index contributed by atoms with van der Waals surface area (Å²) < 4.78 is 23.3. The molecule has 7 nitrogen and oxygen atoms in total. The molecular formula is C24H32N4O3S. The number of hydrogen-bond acceptors (Lipinski definition) is 6. The fraction of sp³-hybridized carbons (Fsp3) is 0.500. The summed E-state index contributed by atoms with van der Waals surface area (Å²) in [5, 5.41) is 0. The van der Waals surface area contributed by atoms with Gasteiger partial charge in [-0.3, -0.25) is 9.78 Å². The highest BCUT2D eigenvalue weighted by Crippen LogP contribution is 2.42. The van der Waals surface area contributed by atoms with Gasteiger partial charge in [0.05, 0.1) is 16.0 Å². The first-order valence-electron chi connectivity index (χ1n) is 11.2. The van der Waals surface area contributed by atoms with Crippen molar-refractivity contribution >= 4 is 15.7 Å². The van der Waals surface area contributed by atoms with Crippen LogP contribution in [-0.4, -0.2) is 61.5 Å². The molecular weight excluding hydrogens is 424 g/mol. The van der Waals surface area contributed by atoms with Crippen molar-refractivity contribution in [2.45, 2.75) is 43.2 Å². The lowest BCUT2D eigenvalue weighted by molar-refractivity contribution is -0.138. The average Bonchev–Trinajstić information content (AvgIpc) is 3.08. The molecule has 2 fully saturated rings. The first-order chi connectivity index (χ1) is 15.3. The molecule has 0 aliphatic carbocycles. The van der Waals surface area contributed by atoms with Crippen molar-refractivity contribution < 1.29 is 13.2 Å². The molecule has 1 amide bonds. The van der Waals surface area contributed by atoms with E-state index in [0.29, 0.717) is 11.4 Å². The van der Waals surface area contributed by atoms with E-state index in [2.05, 4.69) is 9.88 Å². The van der Waals surface area contributed by atoms with E-state index in [1.807, 2.05) is 35.2 Å². The summed E-state index contributed by atoms with van der Waals surface area (Å²) in [5.74, 6) is 0.245. The molecule has 1 aromatic heterocycles. The van der Waals surface area contributed by atoms with Crippen LogP contribution in [0.25, 0.3) is 0 Å². The largest absolute Gasteiger partial charge is 0.338 e. The lowest BCUT2D eigenvalue weighted by atomic mass is 9.77. The van der Waals surface area contributed by atoms with Crippen molar-refractivity contribution in [3.8, 4) is 0 Å².